The minimum absolute atomic E-state index is 0.204. The number of hydrogen-bond donors (Lipinski definition) is 1. The number of Topliss-reactive ketones (excluding diaryl/α,β-unsaturated/α-hetero) is 1. The Bertz CT molecular complexity index is 372. The maximum absolute atomic E-state index is 11.9. The Morgan fingerprint density at radius 2 is 2.18 bits per heavy atom. The summed E-state index contributed by atoms with van der Waals surface area (Å²) in [6, 6.07) is 1.81. The summed E-state index contributed by atoms with van der Waals surface area (Å²) in [7, 11) is 1.46. The lowest BCUT2D eigenvalue weighted by Gasteiger charge is -2.21. The Hall–Kier alpha value is -1.37. The van der Waals surface area contributed by atoms with Crippen LogP contribution < -0.4 is 5.32 Å². The van der Waals surface area contributed by atoms with Crippen LogP contribution in [0.25, 0.3) is 0 Å². The number of nitrogens with zero attached hydrogens (tertiary/aromatic N) is 1. The van der Waals surface area contributed by atoms with E-state index in [-0.39, 0.29) is 5.78 Å². The van der Waals surface area contributed by atoms with Crippen molar-refractivity contribution in [3.05, 3.63) is 0 Å². The molecule has 0 aromatic carbocycles. The zero-order chi connectivity index (χ0) is 12.4. The summed E-state index contributed by atoms with van der Waals surface area (Å²) in [5, 5.41) is 11.2. The number of carbonyl (C=O) groups excluding carboxylic acids is 2. The monoisotopic (exact) mass is 234 g/mol. The summed E-state index contributed by atoms with van der Waals surface area (Å²) in [5.41, 5.74) is 0. The fourth-order valence-corrected chi connectivity index (χ4v) is 3.42. The molecule has 1 amide bonds. The number of nitrogens with one attached hydrogen (secondary N) is 1. The van der Waals surface area contributed by atoms with Crippen molar-refractivity contribution in [1.82, 2.24) is 5.32 Å². The molecule has 0 spiro atoms. The molecular weight excluding hydrogens is 216 g/mol. The fraction of sp³-hybridized carbons (Fsp3) is 0.769. The lowest BCUT2D eigenvalue weighted by atomic mass is 9.83. The predicted octanol–water partition coefficient (Wildman–Crippen LogP) is 1.27. The molecule has 2 fully saturated rings. The summed E-state index contributed by atoms with van der Waals surface area (Å²) in [5.74, 6) is 0.0808. The van der Waals surface area contributed by atoms with Crippen LogP contribution in [0.1, 0.15) is 32.1 Å². The van der Waals surface area contributed by atoms with Crippen molar-refractivity contribution in [2.45, 2.75) is 32.1 Å². The van der Waals surface area contributed by atoms with Gasteiger partial charge in [0.25, 0.3) is 0 Å². The summed E-state index contributed by atoms with van der Waals surface area (Å²) in [6.07, 6.45) is 5.29. The van der Waals surface area contributed by atoms with E-state index < -0.39 is 11.8 Å². The first-order valence-corrected chi connectivity index (χ1v) is 6.29. The third kappa shape index (κ3) is 2.33. The zero-order valence-electron chi connectivity index (χ0n) is 10.1. The lowest BCUT2D eigenvalue weighted by Crippen LogP contribution is -2.33. The molecule has 2 bridgehead atoms. The van der Waals surface area contributed by atoms with Gasteiger partial charge in [-0.05, 0) is 37.0 Å². The van der Waals surface area contributed by atoms with Gasteiger partial charge in [-0.25, -0.2) is 0 Å². The van der Waals surface area contributed by atoms with Crippen molar-refractivity contribution in [2.24, 2.45) is 23.7 Å². The van der Waals surface area contributed by atoms with Gasteiger partial charge in [-0.3, -0.25) is 9.59 Å². The van der Waals surface area contributed by atoms with Crippen molar-refractivity contribution in [3.63, 3.8) is 0 Å². The summed E-state index contributed by atoms with van der Waals surface area (Å²) in [6.45, 7) is 0. The number of fused-ring (bicyclic) bond motifs is 2. The van der Waals surface area contributed by atoms with E-state index in [0.29, 0.717) is 18.3 Å². The predicted molar refractivity (Wildman–Crippen MR) is 61.7 cm³/mol. The highest BCUT2D eigenvalue weighted by Gasteiger charge is 2.41. The number of nitriles is 1. The van der Waals surface area contributed by atoms with E-state index in [0.717, 1.165) is 12.3 Å². The van der Waals surface area contributed by atoms with Gasteiger partial charge >= 0.3 is 0 Å². The van der Waals surface area contributed by atoms with Gasteiger partial charge in [0, 0.05) is 13.5 Å². The molecule has 0 aromatic rings. The Labute approximate surface area is 101 Å². The van der Waals surface area contributed by atoms with Crippen LogP contribution in [0.2, 0.25) is 0 Å². The minimum Gasteiger partial charge on any atom is -0.358 e. The minimum atomic E-state index is -1.11. The second kappa shape index (κ2) is 4.87. The molecule has 2 aliphatic carbocycles. The molecule has 0 unspecified atom stereocenters. The van der Waals surface area contributed by atoms with Gasteiger partial charge in [0.1, 0.15) is 0 Å². The molecule has 4 atom stereocenters. The van der Waals surface area contributed by atoms with Crippen molar-refractivity contribution >= 4 is 11.7 Å². The number of carbonyl (C=O) groups is 2. The van der Waals surface area contributed by atoms with E-state index in [2.05, 4.69) is 5.32 Å². The molecule has 92 valence electrons. The zero-order valence-corrected chi connectivity index (χ0v) is 10.1. The van der Waals surface area contributed by atoms with Gasteiger partial charge in [0.05, 0.1) is 6.07 Å². The Kier molecular flexibility index (Phi) is 3.46. The normalized spacial score (nSPS) is 31.9. The van der Waals surface area contributed by atoms with Crippen LogP contribution in [-0.2, 0) is 9.59 Å². The van der Waals surface area contributed by atoms with Crippen LogP contribution in [0.4, 0.5) is 0 Å². The van der Waals surface area contributed by atoms with Crippen LogP contribution in [0, 0.1) is 35.0 Å². The molecule has 4 nitrogen and oxygen atoms in total. The van der Waals surface area contributed by atoms with Crippen LogP contribution in [0.3, 0.4) is 0 Å². The molecule has 0 heterocycles. The van der Waals surface area contributed by atoms with Gasteiger partial charge in [0.2, 0.25) is 5.91 Å². The van der Waals surface area contributed by atoms with E-state index in [9.17, 15) is 9.59 Å². The maximum Gasteiger partial charge on any atom is 0.244 e. The van der Waals surface area contributed by atoms with Gasteiger partial charge in [-0.1, -0.05) is 6.42 Å². The van der Waals surface area contributed by atoms with Crippen molar-refractivity contribution < 1.29 is 9.59 Å². The SMILES string of the molecule is CNC(=O)[C@H](C#N)C(=O)C[C@@H]1C[C@H]2CC[C@H]1C2. The molecule has 4 heteroatoms. The smallest absolute Gasteiger partial charge is 0.244 e. The summed E-state index contributed by atoms with van der Waals surface area (Å²) in [4.78, 5) is 23.3. The van der Waals surface area contributed by atoms with Crippen LogP contribution in [-0.4, -0.2) is 18.7 Å². The van der Waals surface area contributed by atoms with Gasteiger partial charge in [-0.2, -0.15) is 5.26 Å². The van der Waals surface area contributed by atoms with E-state index in [4.69, 9.17) is 5.26 Å². The lowest BCUT2D eigenvalue weighted by molar-refractivity contribution is -0.132. The number of amides is 1. The van der Waals surface area contributed by atoms with Crippen molar-refractivity contribution in [1.29, 1.82) is 5.26 Å². The number of ketones is 1. The first-order chi connectivity index (χ1) is 8.15. The molecule has 1 N–H and O–H groups in total. The molecule has 2 aliphatic rings. The molecule has 0 saturated heterocycles. The first-order valence-electron chi connectivity index (χ1n) is 6.29. The molecule has 17 heavy (non-hydrogen) atoms. The Balaban J connectivity index is 1.92. The van der Waals surface area contributed by atoms with Gasteiger partial charge in [0.15, 0.2) is 11.7 Å². The van der Waals surface area contributed by atoms with E-state index in [1.165, 1.54) is 26.3 Å². The Morgan fingerprint density at radius 3 is 2.65 bits per heavy atom. The third-order valence-electron chi connectivity index (χ3n) is 4.31. The van der Waals surface area contributed by atoms with Crippen LogP contribution in [0.5, 0.6) is 0 Å². The summed E-state index contributed by atoms with van der Waals surface area (Å²) < 4.78 is 0. The van der Waals surface area contributed by atoms with Crippen molar-refractivity contribution in [2.75, 3.05) is 7.05 Å². The first kappa shape index (κ1) is 12.1. The van der Waals surface area contributed by atoms with Gasteiger partial charge in [-0.15, -0.1) is 0 Å². The number of rotatable bonds is 4. The standard InChI is InChI=1S/C13H18N2O2/c1-15-13(17)11(7-14)12(16)6-10-5-8-2-3-9(10)4-8/h8-11H,2-6H2,1H3,(H,15,17)/t8-,9-,10-,11+/m0/s1. The highest BCUT2D eigenvalue weighted by Crippen LogP contribution is 2.49. The molecular formula is C13H18N2O2. The average Bonchev–Trinajstić information content (AvgIpc) is 2.91. The van der Waals surface area contributed by atoms with E-state index in [1.807, 2.05) is 6.07 Å². The second-order valence-corrected chi connectivity index (χ2v) is 5.28. The highest BCUT2D eigenvalue weighted by atomic mass is 16.2. The van der Waals surface area contributed by atoms with Crippen molar-refractivity contribution in [3.8, 4) is 6.07 Å². The molecule has 2 rings (SSSR count). The second-order valence-electron chi connectivity index (χ2n) is 5.28. The third-order valence-corrected chi connectivity index (χ3v) is 4.31. The largest absolute Gasteiger partial charge is 0.358 e. The molecule has 2 saturated carbocycles. The van der Waals surface area contributed by atoms with Gasteiger partial charge < -0.3 is 5.32 Å². The number of hydrogen-bond acceptors (Lipinski definition) is 3. The maximum atomic E-state index is 11.9. The van der Waals surface area contributed by atoms with E-state index in [1.54, 1.807) is 0 Å². The average molecular weight is 234 g/mol. The fourth-order valence-electron chi connectivity index (χ4n) is 3.42. The van der Waals surface area contributed by atoms with Crippen LogP contribution >= 0.6 is 0 Å². The topological polar surface area (TPSA) is 70.0 Å². The summed E-state index contributed by atoms with van der Waals surface area (Å²) >= 11 is 0. The highest BCUT2D eigenvalue weighted by molar-refractivity contribution is 6.03. The molecule has 0 aromatic heterocycles. The van der Waals surface area contributed by atoms with E-state index >= 15 is 0 Å². The Morgan fingerprint density at radius 1 is 1.41 bits per heavy atom. The molecule has 0 aliphatic heterocycles. The quantitative estimate of drug-likeness (QED) is 0.745. The molecule has 0 radical (unpaired) electrons. The van der Waals surface area contributed by atoms with Crippen LogP contribution in [0.15, 0.2) is 0 Å².